The van der Waals surface area contributed by atoms with Crippen molar-refractivity contribution in [1.82, 2.24) is 15.5 Å². The Labute approximate surface area is 162 Å². The fourth-order valence-corrected chi connectivity index (χ4v) is 2.87. The molecule has 0 aromatic heterocycles. The maximum atomic E-state index is 10.7. The Kier molecular flexibility index (Phi) is 9.38. The number of rotatable bonds is 10. The van der Waals surface area contributed by atoms with Gasteiger partial charge in [-0.2, -0.15) is 0 Å². The number of morpholine rings is 1. The Bertz CT molecular complexity index is 545. The molecular formula is C20H34N4O3. The highest BCUT2D eigenvalue weighted by Gasteiger charge is 2.25. The lowest BCUT2D eigenvalue weighted by Crippen LogP contribution is -2.48. The molecule has 1 aromatic carbocycles. The first-order valence-corrected chi connectivity index (χ1v) is 9.81. The second-order valence-electron chi connectivity index (χ2n) is 7.02. The highest BCUT2D eigenvalue weighted by atomic mass is 16.5. The fraction of sp³-hybridized carbons (Fsp3) is 0.650. The van der Waals surface area contributed by atoms with Crippen molar-refractivity contribution in [2.75, 3.05) is 59.1 Å². The summed E-state index contributed by atoms with van der Waals surface area (Å²) in [4.78, 5) is 6.77. The van der Waals surface area contributed by atoms with Gasteiger partial charge in [0.2, 0.25) is 0 Å². The van der Waals surface area contributed by atoms with E-state index in [4.69, 9.17) is 9.47 Å². The van der Waals surface area contributed by atoms with Gasteiger partial charge in [-0.25, -0.2) is 0 Å². The summed E-state index contributed by atoms with van der Waals surface area (Å²) in [7, 11) is 0. The predicted octanol–water partition coefficient (Wildman–Crippen LogP) is 1.09. The van der Waals surface area contributed by atoms with Gasteiger partial charge in [0.25, 0.3) is 0 Å². The zero-order valence-electron chi connectivity index (χ0n) is 16.6. The molecule has 0 spiro atoms. The molecule has 0 radical (unpaired) electrons. The smallest absolute Gasteiger partial charge is 0.191 e. The van der Waals surface area contributed by atoms with Gasteiger partial charge < -0.3 is 25.2 Å². The molecule has 0 bridgehead atoms. The summed E-state index contributed by atoms with van der Waals surface area (Å²) in [5.74, 6) is 1.61. The van der Waals surface area contributed by atoms with Gasteiger partial charge >= 0.3 is 0 Å². The van der Waals surface area contributed by atoms with Crippen molar-refractivity contribution in [3.63, 3.8) is 0 Å². The van der Waals surface area contributed by atoms with Crippen molar-refractivity contribution in [1.29, 1.82) is 0 Å². The van der Waals surface area contributed by atoms with Crippen LogP contribution in [0.15, 0.2) is 35.3 Å². The summed E-state index contributed by atoms with van der Waals surface area (Å²) in [6.07, 6.45) is 0.865. The lowest BCUT2D eigenvalue weighted by atomic mass is 10.1. The molecule has 1 saturated heterocycles. The standard InChI is InChI=1S/C20H34N4O3/c1-3-21-19(22-10-7-13-27-18-8-5-4-6-9-18)23-16-20(2,25)17-24-11-14-26-15-12-24/h4-6,8-9,25H,3,7,10-17H2,1-2H3,(H2,21,22,23). The normalized spacial score (nSPS) is 18.0. The van der Waals surface area contributed by atoms with E-state index in [-0.39, 0.29) is 0 Å². The van der Waals surface area contributed by atoms with E-state index in [0.29, 0.717) is 19.7 Å². The molecule has 2 rings (SSSR count). The second-order valence-corrected chi connectivity index (χ2v) is 7.02. The Morgan fingerprint density at radius 2 is 2.00 bits per heavy atom. The van der Waals surface area contributed by atoms with Crippen LogP contribution in [0, 0.1) is 0 Å². The van der Waals surface area contributed by atoms with Crippen molar-refractivity contribution >= 4 is 5.96 Å². The molecule has 0 amide bonds. The number of para-hydroxylation sites is 1. The van der Waals surface area contributed by atoms with Crippen LogP contribution in [0.4, 0.5) is 0 Å². The van der Waals surface area contributed by atoms with Crippen molar-refractivity contribution in [3.8, 4) is 5.75 Å². The Hall–Kier alpha value is -1.83. The van der Waals surface area contributed by atoms with E-state index in [1.54, 1.807) is 0 Å². The third-order valence-corrected chi connectivity index (χ3v) is 4.22. The van der Waals surface area contributed by atoms with E-state index in [2.05, 4.69) is 20.5 Å². The molecule has 27 heavy (non-hydrogen) atoms. The molecule has 1 unspecified atom stereocenters. The predicted molar refractivity (Wildman–Crippen MR) is 108 cm³/mol. The molecule has 152 valence electrons. The van der Waals surface area contributed by atoms with Crippen LogP contribution in [-0.4, -0.2) is 80.7 Å². The lowest BCUT2D eigenvalue weighted by Gasteiger charge is -2.33. The van der Waals surface area contributed by atoms with Gasteiger partial charge in [-0.15, -0.1) is 0 Å². The number of guanidine groups is 1. The number of ether oxygens (including phenoxy) is 2. The van der Waals surface area contributed by atoms with Gasteiger partial charge in [0.15, 0.2) is 5.96 Å². The van der Waals surface area contributed by atoms with Crippen LogP contribution in [0.2, 0.25) is 0 Å². The molecule has 1 aliphatic heterocycles. The highest BCUT2D eigenvalue weighted by Crippen LogP contribution is 2.09. The minimum absolute atomic E-state index is 0.347. The Balaban J connectivity index is 1.70. The molecule has 1 heterocycles. The number of aliphatic imine (C=N–C) groups is 1. The minimum atomic E-state index is -0.865. The largest absolute Gasteiger partial charge is 0.494 e. The fourth-order valence-electron chi connectivity index (χ4n) is 2.87. The van der Waals surface area contributed by atoms with Crippen molar-refractivity contribution < 1.29 is 14.6 Å². The van der Waals surface area contributed by atoms with Crippen molar-refractivity contribution in [3.05, 3.63) is 30.3 Å². The van der Waals surface area contributed by atoms with E-state index in [9.17, 15) is 5.11 Å². The molecule has 0 saturated carbocycles. The molecule has 1 aromatic rings. The van der Waals surface area contributed by atoms with Crippen LogP contribution in [0.1, 0.15) is 20.3 Å². The summed E-state index contributed by atoms with van der Waals surface area (Å²) in [6, 6.07) is 9.81. The van der Waals surface area contributed by atoms with Gasteiger partial charge in [-0.1, -0.05) is 18.2 Å². The average Bonchev–Trinajstić information content (AvgIpc) is 2.67. The first-order chi connectivity index (χ1) is 13.1. The zero-order valence-corrected chi connectivity index (χ0v) is 16.6. The maximum Gasteiger partial charge on any atom is 0.191 e. The second kappa shape index (κ2) is 11.8. The monoisotopic (exact) mass is 378 g/mol. The van der Waals surface area contributed by atoms with Crippen molar-refractivity contribution in [2.45, 2.75) is 25.9 Å². The number of aliphatic hydroxyl groups is 1. The highest BCUT2D eigenvalue weighted by molar-refractivity contribution is 5.79. The summed E-state index contributed by atoms with van der Waals surface area (Å²) < 4.78 is 11.0. The molecule has 1 atom stereocenters. The summed E-state index contributed by atoms with van der Waals surface area (Å²) in [6.45, 7) is 10.2. The van der Waals surface area contributed by atoms with E-state index in [1.165, 1.54) is 0 Å². The quantitative estimate of drug-likeness (QED) is 0.321. The number of nitrogens with one attached hydrogen (secondary N) is 2. The SMILES string of the molecule is CCNC(=NCC(C)(O)CN1CCOCC1)NCCCOc1ccccc1. The summed E-state index contributed by atoms with van der Waals surface area (Å²) >= 11 is 0. The molecule has 7 heteroatoms. The van der Waals surface area contributed by atoms with Gasteiger partial charge in [-0.05, 0) is 32.4 Å². The van der Waals surface area contributed by atoms with E-state index < -0.39 is 5.60 Å². The molecule has 1 fully saturated rings. The van der Waals surface area contributed by atoms with Gasteiger partial charge in [0, 0.05) is 32.7 Å². The first kappa shape index (κ1) is 21.5. The van der Waals surface area contributed by atoms with Gasteiger partial charge in [0.1, 0.15) is 5.75 Å². The van der Waals surface area contributed by atoms with Crippen LogP contribution in [-0.2, 0) is 4.74 Å². The van der Waals surface area contributed by atoms with Gasteiger partial charge in [0.05, 0.1) is 32.0 Å². The lowest BCUT2D eigenvalue weighted by molar-refractivity contribution is -0.0180. The van der Waals surface area contributed by atoms with Crippen molar-refractivity contribution in [2.24, 2.45) is 4.99 Å². The van der Waals surface area contributed by atoms with E-state index >= 15 is 0 Å². The molecule has 7 nitrogen and oxygen atoms in total. The van der Waals surface area contributed by atoms with Crippen LogP contribution in [0.25, 0.3) is 0 Å². The third-order valence-electron chi connectivity index (χ3n) is 4.22. The number of benzene rings is 1. The average molecular weight is 379 g/mol. The molecule has 3 N–H and O–H groups in total. The molecule has 0 aliphatic carbocycles. The van der Waals surface area contributed by atoms with Crippen LogP contribution < -0.4 is 15.4 Å². The van der Waals surface area contributed by atoms with Crippen LogP contribution in [0.5, 0.6) is 5.75 Å². The number of nitrogens with zero attached hydrogens (tertiary/aromatic N) is 2. The van der Waals surface area contributed by atoms with Crippen LogP contribution >= 0.6 is 0 Å². The van der Waals surface area contributed by atoms with E-state index in [0.717, 1.165) is 57.5 Å². The summed E-state index contributed by atoms with van der Waals surface area (Å²) in [5, 5.41) is 17.2. The number of hydrogen-bond donors (Lipinski definition) is 3. The minimum Gasteiger partial charge on any atom is -0.494 e. The van der Waals surface area contributed by atoms with Crippen LogP contribution in [0.3, 0.4) is 0 Å². The zero-order chi connectivity index (χ0) is 19.4. The topological polar surface area (TPSA) is 78.4 Å². The third kappa shape index (κ3) is 9.08. The molecule has 1 aliphatic rings. The molecular weight excluding hydrogens is 344 g/mol. The van der Waals surface area contributed by atoms with E-state index in [1.807, 2.05) is 44.2 Å². The number of β-amino-alcohol motifs (C(OH)–C–C–N with tert-alkyl or cyclic N) is 1. The van der Waals surface area contributed by atoms with Gasteiger partial charge in [-0.3, -0.25) is 9.89 Å². The first-order valence-electron chi connectivity index (χ1n) is 9.81. The number of hydrogen-bond acceptors (Lipinski definition) is 5. The Morgan fingerprint density at radius 1 is 1.26 bits per heavy atom. The maximum absolute atomic E-state index is 10.7. The Morgan fingerprint density at radius 3 is 2.70 bits per heavy atom. The summed E-state index contributed by atoms with van der Waals surface area (Å²) in [5.41, 5.74) is -0.865.